The number of ether oxygens (including phenoxy) is 1. The molecule has 0 spiro atoms. The molecule has 0 saturated carbocycles. The van der Waals surface area contributed by atoms with Crippen LogP contribution in [0.2, 0.25) is 0 Å². The van der Waals surface area contributed by atoms with Crippen LogP contribution in [-0.2, 0) is 6.42 Å². The van der Waals surface area contributed by atoms with Crippen LogP contribution < -0.4 is 9.64 Å². The summed E-state index contributed by atoms with van der Waals surface area (Å²) in [6.07, 6.45) is 3.99. The second-order valence-corrected chi connectivity index (χ2v) is 5.44. The van der Waals surface area contributed by atoms with Gasteiger partial charge in [-0.25, -0.2) is 4.79 Å². The lowest BCUT2D eigenvalue weighted by Gasteiger charge is -2.16. The van der Waals surface area contributed by atoms with Crippen LogP contribution in [0, 0.1) is 0 Å². The number of rotatable bonds is 4. The van der Waals surface area contributed by atoms with Gasteiger partial charge in [0.25, 0.3) is 0 Å². The first kappa shape index (κ1) is 15.7. The third-order valence-corrected chi connectivity index (χ3v) is 3.68. The average Bonchev–Trinajstić information content (AvgIpc) is 2.64. The van der Waals surface area contributed by atoms with Crippen molar-refractivity contribution in [2.75, 3.05) is 11.9 Å². The topological polar surface area (TPSA) is 42.4 Å². The molecule has 0 bridgehead atoms. The Hall–Kier alpha value is -3.14. The number of hydrogen-bond acceptors (Lipinski definition) is 3. The van der Waals surface area contributed by atoms with Gasteiger partial charge in [-0.05, 0) is 47.9 Å². The zero-order chi connectivity index (χ0) is 16.8. The molecule has 4 heteroatoms. The van der Waals surface area contributed by atoms with E-state index in [4.69, 9.17) is 4.74 Å². The number of para-hydroxylation sites is 1. The Morgan fingerprint density at radius 1 is 0.958 bits per heavy atom. The molecule has 1 heterocycles. The Morgan fingerprint density at radius 2 is 1.71 bits per heavy atom. The molecule has 0 N–H and O–H groups in total. The van der Waals surface area contributed by atoms with Gasteiger partial charge in [-0.2, -0.15) is 0 Å². The molecular weight excluding hydrogens is 300 g/mol. The van der Waals surface area contributed by atoms with Crippen LogP contribution in [0.5, 0.6) is 5.75 Å². The molecule has 2 aromatic carbocycles. The first-order chi connectivity index (χ1) is 11.7. The second kappa shape index (κ2) is 7.42. The summed E-state index contributed by atoms with van der Waals surface area (Å²) in [5.41, 5.74) is 3.07. The predicted octanol–water partition coefficient (Wildman–Crippen LogP) is 4.31. The number of hydrogen-bond donors (Lipinski definition) is 0. The lowest BCUT2D eigenvalue weighted by Crippen LogP contribution is -2.29. The van der Waals surface area contributed by atoms with Crippen molar-refractivity contribution in [2.24, 2.45) is 0 Å². The molecule has 0 saturated heterocycles. The largest absolute Gasteiger partial charge is 0.419 e. The molecular formula is C20H18N2O2. The molecule has 3 aromatic rings. The van der Waals surface area contributed by atoms with Crippen molar-refractivity contribution in [1.29, 1.82) is 0 Å². The number of amides is 1. The number of carbonyl (C=O) groups is 1. The van der Waals surface area contributed by atoms with Crippen LogP contribution in [0.15, 0.2) is 79.1 Å². The highest BCUT2D eigenvalue weighted by molar-refractivity contribution is 5.88. The molecule has 0 aliphatic rings. The Morgan fingerprint density at radius 3 is 2.38 bits per heavy atom. The first-order valence-electron chi connectivity index (χ1n) is 7.71. The number of pyridine rings is 1. The monoisotopic (exact) mass is 318 g/mol. The van der Waals surface area contributed by atoms with Crippen molar-refractivity contribution in [3.8, 4) is 5.75 Å². The van der Waals surface area contributed by atoms with Crippen molar-refractivity contribution >= 4 is 11.8 Å². The minimum Gasteiger partial charge on any atom is -0.410 e. The number of carbonyl (C=O) groups excluding carboxylic acids is 1. The van der Waals surface area contributed by atoms with Gasteiger partial charge >= 0.3 is 6.09 Å². The molecule has 0 aliphatic carbocycles. The maximum Gasteiger partial charge on any atom is 0.419 e. The quantitative estimate of drug-likeness (QED) is 0.720. The highest BCUT2D eigenvalue weighted by atomic mass is 16.6. The molecule has 0 radical (unpaired) electrons. The van der Waals surface area contributed by atoms with E-state index >= 15 is 0 Å². The highest BCUT2D eigenvalue weighted by Crippen LogP contribution is 2.18. The van der Waals surface area contributed by atoms with Gasteiger partial charge in [0, 0.05) is 25.1 Å². The van der Waals surface area contributed by atoms with E-state index in [1.54, 1.807) is 13.2 Å². The Labute approximate surface area is 141 Å². The van der Waals surface area contributed by atoms with E-state index in [2.05, 4.69) is 4.98 Å². The third-order valence-electron chi connectivity index (χ3n) is 3.68. The van der Waals surface area contributed by atoms with Crippen molar-refractivity contribution in [3.05, 3.63) is 90.3 Å². The van der Waals surface area contributed by atoms with Crippen LogP contribution >= 0.6 is 0 Å². The van der Waals surface area contributed by atoms with Crippen LogP contribution in [0.25, 0.3) is 0 Å². The summed E-state index contributed by atoms with van der Waals surface area (Å²) in [4.78, 5) is 17.8. The van der Waals surface area contributed by atoms with E-state index in [0.717, 1.165) is 23.2 Å². The Kier molecular flexibility index (Phi) is 4.87. The van der Waals surface area contributed by atoms with Crippen LogP contribution in [0.1, 0.15) is 11.1 Å². The summed E-state index contributed by atoms with van der Waals surface area (Å²) >= 11 is 0. The van der Waals surface area contributed by atoms with Crippen LogP contribution in [-0.4, -0.2) is 18.1 Å². The van der Waals surface area contributed by atoms with Gasteiger partial charge in [-0.15, -0.1) is 0 Å². The van der Waals surface area contributed by atoms with Gasteiger partial charge in [0.05, 0.1) is 0 Å². The van der Waals surface area contributed by atoms with E-state index in [0.29, 0.717) is 5.75 Å². The molecule has 1 amide bonds. The minimum atomic E-state index is -0.416. The van der Waals surface area contributed by atoms with E-state index < -0.39 is 6.09 Å². The third kappa shape index (κ3) is 3.98. The van der Waals surface area contributed by atoms with Crippen LogP contribution in [0.3, 0.4) is 0 Å². The Bertz CT molecular complexity index is 787. The van der Waals surface area contributed by atoms with Crippen molar-refractivity contribution in [2.45, 2.75) is 6.42 Å². The van der Waals surface area contributed by atoms with Crippen molar-refractivity contribution < 1.29 is 9.53 Å². The second-order valence-electron chi connectivity index (χ2n) is 5.44. The molecule has 0 unspecified atom stereocenters. The van der Waals surface area contributed by atoms with Gasteiger partial charge in [0.1, 0.15) is 5.75 Å². The summed E-state index contributed by atoms with van der Waals surface area (Å²) in [6.45, 7) is 0. The number of nitrogens with zero attached hydrogens (tertiary/aromatic N) is 2. The van der Waals surface area contributed by atoms with E-state index in [-0.39, 0.29) is 0 Å². The summed E-state index contributed by atoms with van der Waals surface area (Å²) < 4.78 is 5.41. The van der Waals surface area contributed by atoms with E-state index in [1.807, 2.05) is 72.9 Å². The maximum absolute atomic E-state index is 12.2. The zero-order valence-electron chi connectivity index (χ0n) is 13.4. The molecule has 120 valence electrons. The molecule has 0 aliphatic heterocycles. The van der Waals surface area contributed by atoms with E-state index in [1.165, 1.54) is 4.90 Å². The lowest BCUT2D eigenvalue weighted by atomic mass is 10.1. The van der Waals surface area contributed by atoms with Gasteiger partial charge in [-0.1, -0.05) is 36.4 Å². The van der Waals surface area contributed by atoms with Crippen LogP contribution in [0.4, 0.5) is 10.5 Å². The highest BCUT2D eigenvalue weighted by Gasteiger charge is 2.12. The molecule has 3 rings (SSSR count). The SMILES string of the molecule is CN(C(=O)Oc1ccc(Cc2cccnc2)cc1)c1ccccc1. The minimum absolute atomic E-state index is 0.416. The summed E-state index contributed by atoms with van der Waals surface area (Å²) in [5.74, 6) is 0.526. The molecule has 4 nitrogen and oxygen atoms in total. The fourth-order valence-corrected chi connectivity index (χ4v) is 2.34. The van der Waals surface area contributed by atoms with Crippen molar-refractivity contribution in [1.82, 2.24) is 4.98 Å². The van der Waals surface area contributed by atoms with Gasteiger partial charge in [-0.3, -0.25) is 9.88 Å². The molecule has 24 heavy (non-hydrogen) atoms. The molecule has 1 aromatic heterocycles. The van der Waals surface area contributed by atoms with Gasteiger partial charge in [0.2, 0.25) is 0 Å². The standard InChI is InChI=1S/C20H18N2O2/c1-22(18-7-3-2-4-8-18)20(23)24-19-11-9-16(10-12-19)14-17-6-5-13-21-15-17/h2-13,15H,14H2,1H3. The predicted molar refractivity (Wildman–Crippen MR) is 94.4 cm³/mol. The van der Waals surface area contributed by atoms with E-state index in [9.17, 15) is 4.79 Å². The van der Waals surface area contributed by atoms with Gasteiger partial charge in [0.15, 0.2) is 0 Å². The average molecular weight is 318 g/mol. The number of benzene rings is 2. The first-order valence-corrected chi connectivity index (χ1v) is 7.71. The normalized spacial score (nSPS) is 10.2. The number of anilines is 1. The molecule has 0 atom stereocenters. The smallest absolute Gasteiger partial charge is 0.410 e. The zero-order valence-corrected chi connectivity index (χ0v) is 13.4. The van der Waals surface area contributed by atoms with Crippen molar-refractivity contribution in [3.63, 3.8) is 0 Å². The summed E-state index contributed by atoms with van der Waals surface area (Å²) in [7, 11) is 1.69. The fourth-order valence-electron chi connectivity index (χ4n) is 2.34. The van der Waals surface area contributed by atoms with Gasteiger partial charge < -0.3 is 4.74 Å². The summed E-state index contributed by atoms with van der Waals surface area (Å²) in [5, 5.41) is 0. The lowest BCUT2D eigenvalue weighted by molar-refractivity contribution is 0.209. The number of aromatic nitrogens is 1. The molecule has 0 fully saturated rings. The Balaban J connectivity index is 1.62. The fraction of sp³-hybridized carbons (Fsp3) is 0.100. The maximum atomic E-state index is 12.2. The summed E-state index contributed by atoms with van der Waals surface area (Å²) in [6, 6.07) is 20.9.